The quantitative estimate of drug-likeness (QED) is 0.820. The summed E-state index contributed by atoms with van der Waals surface area (Å²) in [6, 6.07) is 4.70. The van der Waals surface area contributed by atoms with Crippen LogP contribution >= 0.6 is 0 Å². The molecule has 88 valence electrons. The Hall–Kier alpha value is -2.10. The first kappa shape index (κ1) is 11.4. The van der Waals surface area contributed by atoms with Crippen molar-refractivity contribution in [2.24, 2.45) is 0 Å². The fourth-order valence-electron chi connectivity index (χ4n) is 1.63. The second-order valence-electron chi connectivity index (χ2n) is 3.72. The lowest BCUT2D eigenvalue weighted by Gasteiger charge is -2.11. The molecule has 0 radical (unpaired) electrons. The molecule has 0 aliphatic rings. The third-order valence-electron chi connectivity index (χ3n) is 2.48. The highest BCUT2D eigenvalue weighted by Gasteiger charge is 2.07. The Morgan fingerprint density at radius 3 is 3.12 bits per heavy atom. The van der Waals surface area contributed by atoms with Gasteiger partial charge in [-0.15, -0.1) is 6.58 Å². The monoisotopic (exact) mass is 231 g/mol. The highest BCUT2D eigenvalue weighted by molar-refractivity contribution is 5.47. The molecule has 0 saturated carbocycles. The zero-order valence-corrected chi connectivity index (χ0v) is 9.65. The minimum atomic E-state index is -0.256. The number of aryl methyl sites for hydroxylation is 1. The van der Waals surface area contributed by atoms with E-state index in [-0.39, 0.29) is 5.82 Å². The zero-order chi connectivity index (χ0) is 12.3. The van der Waals surface area contributed by atoms with Crippen molar-refractivity contribution in [3.63, 3.8) is 0 Å². The van der Waals surface area contributed by atoms with Gasteiger partial charge in [0.2, 0.25) is 5.95 Å². The Bertz CT molecular complexity index is 531. The van der Waals surface area contributed by atoms with Gasteiger partial charge < -0.3 is 5.32 Å². The number of imidazole rings is 1. The molecular weight excluding hydrogens is 217 g/mol. The first-order chi connectivity index (χ1) is 8.22. The predicted octanol–water partition coefficient (Wildman–Crippen LogP) is 2.92. The van der Waals surface area contributed by atoms with Crippen LogP contribution in [0, 0.1) is 12.7 Å². The van der Waals surface area contributed by atoms with Crippen molar-refractivity contribution in [2.45, 2.75) is 6.92 Å². The summed E-state index contributed by atoms with van der Waals surface area (Å²) in [5.41, 5.74) is 1.78. The standard InChI is InChI=1S/C13H14FN3/c1-3-6-15-13-16-7-8-17(13)12-9-11(14)5-4-10(12)2/h3-5,7-9H,1,6H2,2H3,(H,15,16). The van der Waals surface area contributed by atoms with E-state index in [2.05, 4.69) is 16.9 Å². The minimum Gasteiger partial charge on any atom is -0.352 e. The van der Waals surface area contributed by atoms with Gasteiger partial charge in [-0.25, -0.2) is 9.37 Å². The number of aromatic nitrogens is 2. The molecule has 0 fully saturated rings. The van der Waals surface area contributed by atoms with Crippen molar-refractivity contribution in [2.75, 3.05) is 11.9 Å². The molecule has 2 aromatic rings. The zero-order valence-electron chi connectivity index (χ0n) is 9.65. The molecule has 0 aliphatic carbocycles. The van der Waals surface area contributed by atoms with E-state index in [4.69, 9.17) is 0 Å². The van der Waals surface area contributed by atoms with Crippen molar-refractivity contribution in [1.82, 2.24) is 9.55 Å². The molecule has 0 unspecified atom stereocenters. The van der Waals surface area contributed by atoms with Gasteiger partial charge >= 0.3 is 0 Å². The lowest BCUT2D eigenvalue weighted by Crippen LogP contribution is -2.06. The molecule has 4 heteroatoms. The van der Waals surface area contributed by atoms with E-state index in [1.165, 1.54) is 12.1 Å². The SMILES string of the molecule is C=CCNc1nccn1-c1cc(F)ccc1C. The van der Waals surface area contributed by atoms with Crippen molar-refractivity contribution < 1.29 is 4.39 Å². The van der Waals surface area contributed by atoms with E-state index in [1.807, 2.05) is 11.5 Å². The first-order valence-corrected chi connectivity index (χ1v) is 5.37. The Morgan fingerprint density at radius 2 is 2.35 bits per heavy atom. The van der Waals surface area contributed by atoms with Crippen LogP contribution in [0.25, 0.3) is 5.69 Å². The number of nitrogens with one attached hydrogen (secondary N) is 1. The third-order valence-corrected chi connectivity index (χ3v) is 2.48. The highest BCUT2D eigenvalue weighted by atomic mass is 19.1. The van der Waals surface area contributed by atoms with Crippen molar-refractivity contribution in [1.29, 1.82) is 0 Å². The van der Waals surface area contributed by atoms with Crippen LogP contribution in [0.4, 0.5) is 10.3 Å². The molecule has 2 rings (SSSR count). The maximum Gasteiger partial charge on any atom is 0.207 e. The first-order valence-electron chi connectivity index (χ1n) is 5.37. The molecule has 0 spiro atoms. The van der Waals surface area contributed by atoms with Crippen LogP contribution in [0.3, 0.4) is 0 Å². The van der Waals surface area contributed by atoms with Gasteiger partial charge in [-0.3, -0.25) is 4.57 Å². The van der Waals surface area contributed by atoms with Crippen LogP contribution in [0.5, 0.6) is 0 Å². The van der Waals surface area contributed by atoms with Gasteiger partial charge in [0.15, 0.2) is 0 Å². The second kappa shape index (κ2) is 4.82. The molecule has 0 saturated heterocycles. The number of rotatable bonds is 4. The molecule has 0 aliphatic heterocycles. The maximum atomic E-state index is 13.3. The molecule has 0 bridgehead atoms. The van der Waals surface area contributed by atoms with Crippen LogP contribution < -0.4 is 5.32 Å². The molecule has 1 heterocycles. The van der Waals surface area contributed by atoms with Gasteiger partial charge in [0.25, 0.3) is 0 Å². The van der Waals surface area contributed by atoms with E-state index in [0.717, 1.165) is 11.3 Å². The van der Waals surface area contributed by atoms with Crippen LogP contribution in [0.15, 0.2) is 43.2 Å². The van der Waals surface area contributed by atoms with Gasteiger partial charge in [0, 0.05) is 18.9 Å². The summed E-state index contributed by atoms with van der Waals surface area (Å²) in [7, 11) is 0. The summed E-state index contributed by atoms with van der Waals surface area (Å²) in [4.78, 5) is 4.18. The van der Waals surface area contributed by atoms with E-state index in [1.54, 1.807) is 24.5 Å². The largest absolute Gasteiger partial charge is 0.352 e. The average Bonchev–Trinajstić information content (AvgIpc) is 2.77. The molecule has 1 N–H and O–H groups in total. The van der Waals surface area contributed by atoms with E-state index in [9.17, 15) is 4.39 Å². The third kappa shape index (κ3) is 2.36. The molecule has 0 atom stereocenters. The number of hydrogen-bond acceptors (Lipinski definition) is 2. The minimum absolute atomic E-state index is 0.256. The van der Waals surface area contributed by atoms with Crippen LogP contribution in [0.2, 0.25) is 0 Å². The summed E-state index contributed by atoms with van der Waals surface area (Å²) in [6.07, 6.45) is 5.22. The van der Waals surface area contributed by atoms with Crippen LogP contribution in [-0.4, -0.2) is 16.1 Å². The normalized spacial score (nSPS) is 10.2. The average molecular weight is 231 g/mol. The molecule has 0 amide bonds. The van der Waals surface area contributed by atoms with Gasteiger partial charge in [-0.05, 0) is 24.6 Å². The molecule has 3 nitrogen and oxygen atoms in total. The molecule has 1 aromatic heterocycles. The Morgan fingerprint density at radius 1 is 1.53 bits per heavy atom. The topological polar surface area (TPSA) is 29.9 Å². The molecule has 17 heavy (non-hydrogen) atoms. The number of nitrogens with zero attached hydrogens (tertiary/aromatic N) is 2. The number of anilines is 1. The summed E-state index contributed by atoms with van der Waals surface area (Å²) < 4.78 is 15.1. The van der Waals surface area contributed by atoms with Crippen molar-refractivity contribution >= 4 is 5.95 Å². The predicted molar refractivity (Wildman–Crippen MR) is 66.9 cm³/mol. The summed E-state index contributed by atoms with van der Waals surface area (Å²) in [5.74, 6) is 0.424. The highest BCUT2D eigenvalue weighted by Crippen LogP contribution is 2.19. The number of hydrogen-bond donors (Lipinski definition) is 1. The van der Waals surface area contributed by atoms with Crippen LogP contribution in [-0.2, 0) is 0 Å². The lowest BCUT2D eigenvalue weighted by atomic mass is 10.2. The summed E-state index contributed by atoms with van der Waals surface area (Å²) >= 11 is 0. The van der Waals surface area contributed by atoms with Gasteiger partial charge in [0.05, 0.1) is 5.69 Å². The fourth-order valence-corrected chi connectivity index (χ4v) is 1.63. The van der Waals surface area contributed by atoms with Crippen molar-refractivity contribution in [3.05, 3.63) is 54.6 Å². The smallest absolute Gasteiger partial charge is 0.207 e. The Labute approximate surface area is 99.6 Å². The number of benzene rings is 1. The maximum absolute atomic E-state index is 13.3. The van der Waals surface area contributed by atoms with E-state index < -0.39 is 0 Å². The lowest BCUT2D eigenvalue weighted by molar-refractivity contribution is 0.626. The summed E-state index contributed by atoms with van der Waals surface area (Å²) in [6.45, 7) is 6.19. The van der Waals surface area contributed by atoms with Gasteiger partial charge in [-0.2, -0.15) is 0 Å². The second-order valence-corrected chi connectivity index (χ2v) is 3.72. The van der Waals surface area contributed by atoms with E-state index in [0.29, 0.717) is 12.5 Å². The van der Waals surface area contributed by atoms with Gasteiger partial charge in [0.1, 0.15) is 5.82 Å². The Balaban J connectivity index is 2.42. The van der Waals surface area contributed by atoms with Crippen LogP contribution in [0.1, 0.15) is 5.56 Å². The number of halogens is 1. The van der Waals surface area contributed by atoms with Crippen molar-refractivity contribution in [3.8, 4) is 5.69 Å². The van der Waals surface area contributed by atoms with E-state index >= 15 is 0 Å². The molecule has 1 aromatic carbocycles. The fraction of sp³-hybridized carbons (Fsp3) is 0.154. The summed E-state index contributed by atoms with van der Waals surface area (Å²) in [5, 5.41) is 3.10. The van der Waals surface area contributed by atoms with Gasteiger partial charge in [-0.1, -0.05) is 12.1 Å². The molecular formula is C13H14FN3. The Kier molecular flexibility index (Phi) is 3.23.